The van der Waals surface area contributed by atoms with Gasteiger partial charge in [-0.25, -0.2) is 4.39 Å². The summed E-state index contributed by atoms with van der Waals surface area (Å²) in [5.41, 5.74) is 4.76. The number of piperidine rings is 1. The summed E-state index contributed by atoms with van der Waals surface area (Å²) in [6.07, 6.45) is 7.44. The predicted molar refractivity (Wildman–Crippen MR) is 113 cm³/mol. The van der Waals surface area contributed by atoms with Gasteiger partial charge in [-0.1, -0.05) is 35.9 Å². The van der Waals surface area contributed by atoms with Gasteiger partial charge in [-0.3, -0.25) is 4.90 Å². The van der Waals surface area contributed by atoms with Crippen LogP contribution in [0.4, 0.5) is 10.1 Å². The first-order chi connectivity index (χ1) is 13.7. The molecule has 0 aliphatic carbocycles. The van der Waals surface area contributed by atoms with E-state index < -0.39 is 0 Å². The Bertz CT molecular complexity index is 811. The number of nitrogens with zero attached hydrogens (tertiary/aromatic N) is 2. The van der Waals surface area contributed by atoms with Crippen molar-refractivity contribution < 1.29 is 4.39 Å². The van der Waals surface area contributed by atoms with Crippen LogP contribution in [0.3, 0.4) is 0 Å². The molecule has 3 aliphatic heterocycles. The Labute approximate surface area is 168 Å². The van der Waals surface area contributed by atoms with E-state index in [4.69, 9.17) is 0 Å². The smallest absolute Gasteiger partial charge is 0.146 e. The zero-order chi connectivity index (χ0) is 19.1. The maximum Gasteiger partial charge on any atom is 0.146 e. The summed E-state index contributed by atoms with van der Waals surface area (Å²) in [4.78, 5) is 4.85. The number of benzene rings is 2. The minimum absolute atomic E-state index is 0.0405. The minimum atomic E-state index is -0.0405. The van der Waals surface area contributed by atoms with Crippen molar-refractivity contribution in [2.45, 2.75) is 70.0 Å². The second-order valence-corrected chi connectivity index (χ2v) is 9.12. The van der Waals surface area contributed by atoms with Crippen LogP contribution >= 0.6 is 0 Å². The number of aryl methyl sites for hydroxylation is 1. The first-order valence-corrected chi connectivity index (χ1v) is 11.0. The van der Waals surface area contributed by atoms with E-state index in [1.54, 1.807) is 6.07 Å². The van der Waals surface area contributed by atoms with Crippen molar-refractivity contribution in [2.75, 3.05) is 18.0 Å². The molecule has 0 amide bonds. The summed E-state index contributed by atoms with van der Waals surface area (Å²) in [7, 11) is 0. The van der Waals surface area contributed by atoms with Gasteiger partial charge < -0.3 is 4.90 Å². The van der Waals surface area contributed by atoms with E-state index in [1.165, 1.54) is 49.7 Å². The molecule has 2 nitrogen and oxygen atoms in total. The van der Waals surface area contributed by atoms with Crippen molar-refractivity contribution in [3.63, 3.8) is 0 Å². The van der Waals surface area contributed by atoms with Crippen molar-refractivity contribution in [3.05, 3.63) is 65.0 Å². The molecular weight excluding hydrogens is 347 g/mol. The average molecular weight is 379 g/mol. The highest BCUT2D eigenvalue weighted by molar-refractivity contribution is 5.50. The van der Waals surface area contributed by atoms with Crippen molar-refractivity contribution >= 4 is 5.69 Å². The molecule has 3 saturated heterocycles. The number of hydrogen-bond donors (Lipinski definition) is 0. The number of anilines is 1. The fourth-order valence-electron chi connectivity index (χ4n) is 5.72. The molecule has 0 aromatic heterocycles. The Morgan fingerprint density at radius 1 is 0.929 bits per heavy atom. The lowest BCUT2D eigenvalue weighted by molar-refractivity contribution is 0.118. The molecule has 0 saturated carbocycles. The fourth-order valence-corrected chi connectivity index (χ4v) is 5.72. The largest absolute Gasteiger partial charge is 0.369 e. The highest BCUT2D eigenvalue weighted by atomic mass is 19.1. The summed E-state index contributed by atoms with van der Waals surface area (Å²) in [5, 5.41) is 0. The average Bonchev–Trinajstić information content (AvgIpc) is 3.29. The molecule has 2 aromatic carbocycles. The number of fused-ring (bicyclic) bond motifs is 2. The summed E-state index contributed by atoms with van der Waals surface area (Å²) in [6, 6.07) is 16.4. The van der Waals surface area contributed by atoms with Crippen LogP contribution in [-0.2, 0) is 6.54 Å². The monoisotopic (exact) mass is 378 g/mol. The highest BCUT2D eigenvalue weighted by Crippen LogP contribution is 2.43. The molecule has 2 aromatic rings. The maximum atomic E-state index is 14.7. The van der Waals surface area contributed by atoms with Crippen molar-refractivity contribution in [2.24, 2.45) is 0 Å². The molecule has 3 heterocycles. The van der Waals surface area contributed by atoms with Crippen LogP contribution in [0.25, 0.3) is 0 Å². The van der Waals surface area contributed by atoms with Gasteiger partial charge in [-0.15, -0.1) is 0 Å². The molecule has 5 rings (SSSR count). The second kappa shape index (κ2) is 7.51. The zero-order valence-corrected chi connectivity index (χ0v) is 16.9. The van der Waals surface area contributed by atoms with Crippen LogP contribution in [0, 0.1) is 12.7 Å². The van der Waals surface area contributed by atoms with E-state index in [2.05, 4.69) is 47.1 Å². The van der Waals surface area contributed by atoms with Gasteiger partial charge in [-0.2, -0.15) is 0 Å². The first kappa shape index (κ1) is 18.2. The van der Waals surface area contributed by atoms with Crippen LogP contribution in [0.15, 0.2) is 42.5 Å². The summed E-state index contributed by atoms with van der Waals surface area (Å²) >= 11 is 0. The Morgan fingerprint density at radius 3 is 2.25 bits per heavy atom. The van der Waals surface area contributed by atoms with Crippen LogP contribution in [0.1, 0.15) is 61.1 Å². The topological polar surface area (TPSA) is 6.48 Å². The molecule has 3 fully saturated rings. The SMILES string of the molecule is Cc1ccc(C2C[C@@H]3CC[C@@H](C2)N3Cc2ccc(N3CCCC3)c(F)c2)cc1. The standard InChI is InChI=1S/C25H31FN2/c1-18-4-7-20(8-5-18)21-15-22-9-10-23(16-21)28(22)17-19-6-11-25(24(26)14-19)27-12-2-3-13-27/h4-8,11,14,21-23H,2-3,9-10,12-13,15-17H2,1H3/t22-,23-/m0/s1. The lowest BCUT2D eigenvalue weighted by atomic mass is 9.84. The Kier molecular flexibility index (Phi) is 4.88. The molecule has 3 aliphatic rings. The van der Waals surface area contributed by atoms with Crippen molar-refractivity contribution in [1.82, 2.24) is 4.90 Å². The highest BCUT2D eigenvalue weighted by Gasteiger charge is 2.40. The number of rotatable bonds is 4. The van der Waals surface area contributed by atoms with Gasteiger partial charge in [0.25, 0.3) is 0 Å². The van der Waals surface area contributed by atoms with Crippen molar-refractivity contribution in [1.29, 1.82) is 0 Å². The lowest BCUT2D eigenvalue weighted by Crippen LogP contribution is -2.41. The van der Waals surface area contributed by atoms with Gasteiger partial charge in [0.15, 0.2) is 0 Å². The van der Waals surface area contributed by atoms with E-state index in [0.29, 0.717) is 18.0 Å². The zero-order valence-electron chi connectivity index (χ0n) is 16.9. The number of halogens is 1. The molecule has 3 heteroatoms. The van der Waals surface area contributed by atoms with E-state index in [-0.39, 0.29) is 5.82 Å². The third-order valence-corrected chi connectivity index (χ3v) is 7.26. The van der Waals surface area contributed by atoms with Crippen LogP contribution in [0.5, 0.6) is 0 Å². The molecule has 0 radical (unpaired) electrons. The molecule has 28 heavy (non-hydrogen) atoms. The maximum absolute atomic E-state index is 14.7. The van der Waals surface area contributed by atoms with Crippen LogP contribution in [0.2, 0.25) is 0 Å². The van der Waals surface area contributed by atoms with Gasteiger partial charge in [0.1, 0.15) is 5.82 Å². The third kappa shape index (κ3) is 3.45. The minimum Gasteiger partial charge on any atom is -0.369 e. The van der Waals surface area contributed by atoms with Gasteiger partial charge in [0, 0.05) is 31.7 Å². The van der Waals surface area contributed by atoms with Crippen LogP contribution in [-0.4, -0.2) is 30.1 Å². The quantitative estimate of drug-likeness (QED) is 0.679. The molecule has 148 valence electrons. The van der Waals surface area contributed by atoms with E-state index in [9.17, 15) is 4.39 Å². The third-order valence-electron chi connectivity index (χ3n) is 7.26. The van der Waals surface area contributed by atoms with E-state index >= 15 is 0 Å². The van der Waals surface area contributed by atoms with E-state index in [1.807, 2.05) is 6.07 Å². The Balaban J connectivity index is 1.28. The Hall–Kier alpha value is -1.87. The lowest BCUT2D eigenvalue weighted by Gasteiger charge is -2.39. The molecule has 2 atom stereocenters. The normalized spacial score (nSPS) is 27.5. The molecular formula is C25H31FN2. The van der Waals surface area contributed by atoms with Gasteiger partial charge in [0.05, 0.1) is 5.69 Å². The fraction of sp³-hybridized carbons (Fsp3) is 0.520. The molecule has 2 bridgehead atoms. The van der Waals surface area contributed by atoms with E-state index in [0.717, 1.165) is 30.9 Å². The molecule has 0 unspecified atom stereocenters. The molecule has 0 spiro atoms. The van der Waals surface area contributed by atoms with Gasteiger partial charge in [-0.05, 0) is 74.6 Å². The van der Waals surface area contributed by atoms with Gasteiger partial charge in [0.2, 0.25) is 0 Å². The predicted octanol–water partition coefficient (Wildman–Crippen LogP) is 5.64. The summed E-state index contributed by atoms with van der Waals surface area (Å²) in [6.45, 7) is 5.04. The summed E-state index contributed by atoms with van der Waals surface area (Å²) in [5.74, 6) is 0.643. The summed E-state index contributed by atoms with van der Waals surface area (Å²) < 4.78 is 14.7. The first-order valence-electron chi connectivity index (χ1n) is 11.0. The van der Waals surface area contributed by atoms with Gasteiger partial charge >= 0.3 is 0 Å². The van der Waals surface area contributed by atoms with Crippen LogP contribution < -0.4 is 4.90 Å². The second-order valence-electron chi connectivity index (χ2n) is 9.12. The van der Waals surface area contributed by atoms with Crippen molar-refractivity contribution in [3.8, 4) is 0 Å². The number of hydrogen-bond acceptors (Lipinski definition) is 2. The Morgan fingerprint density at radius 2 is 1.61 bits per heavy atom. The molecule has 0 N–H and O–H groups in total.